The first kappa shape index (κ1) is 14.9. The molecular weight excluding hydrogens is 254 g/mol. The van der Waals surface area contributed by atoms with Gasteiger partial charge < -0.3 is 5.11 Å². The first-order valence-corrected chi connectivity index (χ1v) is 7.11. The van der Waals surface area contributed by atoms with E-state index >= 15 is 0 Å². The molecule has 0 atom stereocenters. The molecule has 1 aromatic rings. The molecule has 1 heterocycles. The van der Waals surface area contributed by atoms with E-state index in [0.717, 1.165) is 12.8 Å². The van der Waals surface area contributed by atoms with Gasteiger partial charge in [0.15, 0.2) is 0 Å². The summed E-state index contributed by atoms with van der Waals surface area (Å²) in [6, 6.07) is 0.514. The molecule has 0 unspecified atom stereocenters. The Hall–Kier alpha value is -1.49. The van der Waals surface area contributed by atoms with Gasteiger partial charge in [0.05, 0.1) is 5.69 Å². The number of rotatable bonds is 4. The number of nitrogens with zero attached hydrogens (tertiary/aromatic N) is 3. The van der Waals surface area contributed by atoms with E-state index in [0.29, 0.717) is 23.7 Å². The molecule has 0 spiro atoms. The van der Waals surface area contributed by atoms with Crippen molar-refractivity contribution < 1.29 is 9.90 Å². The van der Waals surface area contributed by atoms with Crippen LogP contribution in [0.5, 0.6) is 0 Å². The Balaban J connectivity index is 2.02. The molecule has 1 fully saturated rings. The van der Waals surface area contributed by atoms with Gasteiger partial charge in [-0.25, -0.2) is 14.8 Å². The maximum absolute atomic E-state index is 11.2. The number of aromatic carboxylic acids is 1. The molecule has 5 heteroatoms. The zero-order valence-electron chi connectivity index (χ0n) is 12.5. The monoisotopic (exact) mass is 277 g/mol. The van der Waals surface area contributed by atoms with Crippen molar-refractivity contribution in [3.05, 3.63) is 23.8 Å². The zero-order chi connectivity index (χ0) is 14.8. The first-order chi connectivity index (χ1) is 9.39. The van der Waals surface area contributed by atoms with E-state index in [1.54, 1.807) is 0 Å². The van der Waals surface area contributed by atoms with Crippen LogP contribution >= 0.6 is 0 Å². The topological polar surface area (TPSA) is 66.3 Å². The summed E-state index contributed by atoms with van der Waals surface area (Å²) in [5.74, 6) is -0.959. The van der Waals surface area contributed by atoms with E-state index < -0.39 is 5.97 Å². The highest BCUT2D eigenvalue weighted by molar-refractivity contribution is 5.88. The molecule has 0 amide bonds. The van der Waals surface area contributed by atoms with Crippen molar-refractivity contribution in [1.29, 1.82) is 0 Å². The van der Waals surface area contributed by atoms with Crippen molar-refractivity contribution in [3.63, 3.8) is 0 Å². The lowest BCUT2D eigenvalue weighted by Gasteiger charge is -2.38. The average Bonchev–Trinajstić information content (AvgIpc) is 2.38. The van der Waals surface area contributed by atoms with Gasteiger partial charge in [-0.05, 0) is 38.1 Å². The Morgan fingerprint density at radius 3 is 2.70 bits per heavy atom. The zero-order valence-corrected chi connectivity index (χ0v) is 12.5. The molecule has 0 aliphatic heterocycles. The van der Waals surface area contributed by atoms with Crippen LogP contribution in [-0.2, 0) is 6.54 Å². The Labute approximate surface area is 120 Å². The van der Waals surface area contributed by atoms with Gasteiger partial charge in [0.2, 0.25) is 0 Å². The van der Waals surface area contributed by atoms with E-state index in [1.807, 2.05) is 0 Å². The molecule has 5 nitrogen and oxygen atoms in total. The highest BCUT2D eigenvalue weighted by Gasteiger charge is 2.29. The normalized spacial score (nSPS) is 19.2. The van der Waals surface area contributed by atoms with Crippen LogP contribution in [0.15, 0.2) is 12.5 Å². The summed E-state index contributed by atoms with van der Waals surface area (Å²) in [5, 5.41) is 9.16. The minimum Gasteiger partial charge on any atom is -0.478 e. The van der Waals surface area contributed by atoms with Gasteiger partial charge in [0, 0.05) is 18.8 Å². The second-order valence-electron chi connectivity index (χ2n) is 6.50. The van der Waals surface area contributed by atoms with E-state index in [-0.39, 0.29) is 5.56 Å². The minimum atomic E-state index is -0.959. The molecule has 0 aromatic carbocycles. The second kappa shape index (κ2) is 5.87. The smallest absolute Gasteiger partial charge is 0.339 e. The number of carboxylic acids is 1. The predicted octanol–water partition coefficient (Wildman–Crippen LogP) is 2.58. The maximum atomic E-state index is 11.2. The summed E-state index contributed by atoms with van der Waals surface area (Å²) < 4.78 is 0. The van der Waals surface area contributed by atoms with Crippen LogP contribution < -0.4 is 0 Å². The van der Waals surface area contributed by atoms with Crippen LogP contribution in [-0.4, -0.2) is 39.0 Å². The fourth-order valence-corrected chi connectivity index (χ4v) is 2.85. The van der Waals surface area contributed by atoms with E-state index in [9.17, 15) is 4.79 Å². The molecular formula is C15H23N3O2. The van der Waals surface area contributed by atoms with E-state index in [4.69, 9.17) is 5.11 Å². The largest absolute Gasteiger partial charge is 0.478 e. The van der Waals surface area contributed by atoms with Gasteiger partial charge in [-0.1, -0.05) is 13.8 Å². The van der Waals surface area contributed by atoms with Crippen molar-refractivity contribution >= 4 is 5.97 Å². The molecule has 1 aliphatic carbocycles. The SMILES string of the molecule is CN(Cc1ncncc1C(=O)O)C1CCC(C)(C)CC1. The van der Waals surface area contributed by atoms with Gasteiger partial charge >= 0.3 is 5.97 Å². The van der Waals surface area contributed by atoms with Crippen molar-refractivity contribution in [3.8, 4) is 0 Å². The molecule has 0 bridgehead atoms. The quantitative estimate of drug-likeness (QED) is 0.916. The molecule has 1 saturated carbocycles. The molecule has 1 aromatic heterocycles. The van der Waals surface area contributed by atoms with Gasteiger partial charge in [-0.15, -0.1) is 0 Å². The summed E-state index contributed by atoms with van der Waals surface area (Å²) >= 11 is 0. The minimum absolute atomic E-state index is 0.204. The summed E-state index contributed by atoms with van der Waals surface area (Å²) in [6.07, 6.45) is 7.56. The fourth-order valence-electron chi connectivity index (χ4n) is 2.85. The van der Waals surface area contributed by atoms with Crippen LogP contribution in [0.2, 0.25) is 0 Å². The summed E-state index contributed by atoms with van der Waals surface area (Å²) in [6.45, 7) is 5.20. The van der Waals surface area contributed by atoms with E-state index in [2.05, 4.69) is 35.8 Å². The first-order valence-electron chi connectivity index (χ1n) is 7.11. The molecule has 20 heavy (non-hydrogen) atoms. The number of carboxylic acid groups (broad SMARTS) is 1. The molecule has 1 aliphatic rings. The molecule has 1 N–H and O–H groups in total. The summed E-state index contributed by atoms with van der Waals surface area (Å²) in [4.78, 5) is 21.3. The van der Waals surface area contributed by atoms with Crippen molar-refractivity contribution in [1.82, 2.24) is 14.9 Å². The third kappa shape index (κ3) is 3.54. The summed E-state index contributed by atoms with van der Waals surface area (Å²) in [5.41, 5.74) is 1.24. The number of hydrogen-bond donors (Lipinski definition) is 1. The van der Waals surface area contributed by atoms with Crippen LogP contribution in [0.25, 0.3) is 0 Å². The number of aromatic nitrogens is 2. The molecule has 0 radical (unpaired) electrons. The Bertz CT molecular complexity index is 478. The number of hydrogen-bond acceptors (Lipinski definition) is 4. The van der Waals surface area contributed by atoms with Gasteiger partial charge in [-0.2, -0.15) is 0 Å². The molecule has 2 rings (SSSR count). The Morgan fingerprint density at radius 1 is 1.45 bits per heavy atom. The van der Waals surface area contributed by atoms with E-state index in [1.165, 1.54) is 25.4 Å². The highest BCUT2D eigenvalue weighted by atomic mass is 16.4. The highest BCUT2D eigenvalue weighted by Crippen LogP contribution is 2.36. The average molecular weight is 277 g/mol. The van der Waals surface area contributed by atoms with Crippen LogP contribution in [0, 0.1) is 5.41 Å². The lowest BCUT2D eigenvalue weighted by molar-refractivity contribution is 0.0691. The lowest BCUT2D eigenvalue weighted by Crippen LogP contribution is -2.37. The Morgan fingerprint density at radius 2 is 2.10 bits per heavy atom. The fraction of sp³-hybridized carbons (Fsp3) is 0.667. The number of carbonyl (C=O) groups is 1. The van der Waals surface area contributed by atoms with Gasteiger partial charge in [-0.3, -0.25) is 4.90 Å². The standard InChI is InChI=1S/C15H23N3O2/c1-15(2)6-4-11(5-7-15)18(3)9-13-12(14(19)20)8-16-10-17-13/h8,10-11H,4-7,9H2,1-3H3,(H,19,20). The Kier molecular flexibility index (Phi) is 4.38. The van der Waals surface area contributed by atoms with Gasteiger partial charge in [0.25, 0.3) is 0 Å². The molecule has 110 valence electrons. The molecule has 0 saturated heterocycles. The second-order valence-corrected chi connectivity index (χ2v) is 6.50. The van der Waals surface area contributed by atoms with Crippen LogP contribution in [0.3, 0.4) is 0 Å². The third-order valence-corrected chi connectivity index (χ3v) is 4.36. The van der Waals surface area contributed by atoms with Crippen molar-refractivity contribution in [2.45, 2.75) is 52.1 Å². The predicted molar refractivity (Wildman–Crippen MR) is 76.5 cm³/mol. The summed E-state index contributed by atoms with van der Waals surface area (Å²) in [7, 11) is 2.05. The van der Waals surface area contributed by atoms with Crippen molar-refractivity contribution in [2.24, 2.45) is 5.41 Å². The maximum Gasteiger partial charge on any atom is 0.339 e. The lowest BCUT2D eigenvalue weighted by atomic mass is 9.75. The van der Waals surface area contributed by atoms with Crippen LogP contribution in [0.4, 0.5) is 0 Å². The van der Waals surface area contributed by atoms with Gasteiger partial charge in [0.1, 0.15) is 11.9 Å². The van der Waals surface area contributed by atoms with Crippen molar-refractivity contribution in [2.75, 3.05) is 7.05 Å². The third-order valence-electron chi connectivity index (χ3n) is 4.36. The van der Waals surface area contributed by atoms with Crippen LogP contribution in [0.1, 0.15) is 55.6 Å².